The number of aryl methyl sites for hydroxylation is 2. The highest BCUT2D eigenvalue weighted by Crippen LogP contribution is 2.44. The molecule has 1 fully saturated rings. The van der Waals surface area contributed by atoms with Crippen LogP contribution in [0.1, 0.15) is 62.6 Å². The van der Waals surface area contributed by atoms with Gasteiger partial charge in [-0.05, 0) is 42.4 Å². The zero-order valence-corrected chi connectivity index (χ0v) is 11.6. The Morgan fingerprint density at radius 2 is 1.61 bits per heavy atom. The normalized spacial score (nSPS) is 17.6. The number of rotatable bonds is 4. The minimum absolute atomic E-state index is 0.157. The van der Waals surface area contributed by atoms with Crippen LogP contribution in [0.5, 0.6) is 0 Å². The van der Waals surface area contributed by atoms with Crippen molar-refractivity contribution in [1.82, 2.24) is 0 Å². The van der Waals surface area contributed by atoms with Crippen LogP contribution in [0.4, 0.5) is 0 Å². The predicted octanol–water partition coefficient (Wildman–Crippen LogP) is 4.54. The van der Waals surface area contributed by atoms with Crippen molar-refractivity contribution >= 4 is 0 Å². The molecular weight excluding hydrogens is 218 g/mol. The fourth-order valence-electron chi connectivity index (χ4n) is 3.25. The Balaban J connectivity index is 2.44. The smallest absolute Gasteiger partial charge is 0.0631 e. The summed E-state index contributed by atoms with van der Waals surface area (Å²) in [4.78, 5) is 0. The van der Waals surface area contributed by atoms with Gasteiger partial charge in [0.25, 0.3) is 0 Å². The third-order valence-corrected chi connectivity index (χ3v) is 4.46. The molecule has 1 aromatic carbocycles. The lowest BCUT2D eigenvalue weighted by Crippen LogP contribution is -2.21. The Hall–Kier alpha value is -1.29. The highest BCUT2D eigenvalue weighted by Gasteiger charge is 2.35. The molecule has 0 aromatic heterocycles. The average molecular weight is 241 g/mol. The second kappa shape index (κ2) is 5.57. The molecule has 0 radical (unpaired) electrons. The van der Waals surface area contributed by atoms with E-state index >= 15 is 0 Å². The van der Waals surface area contributed by atoms with Crippen molar-refractivity contribution in [2.24, 2.45) is 0 Å². The van der Waals surface area contributed by atoms with Gasteiger partial charge in [-0.25, -0.2) is 0 Å². The monoisotopic (exact) mass is 241 g/mol. The van der Waals surface area contributed by atoms with Gasteiger partial charge in [0.1, 0.15) is 0 Å². The summed E-state index contributed by atoms with van der Waals surface area (Å²) in [5, 5.41) is 9.16. The summed E-state index contributed by atoms with van der Waals surface area (Å²) >= 11 is 0. The first kappa shape index (κ1) is 13.1. The van der Waals surface area contributed by atoms with E-state index in [1.165, 1.54) is 42.4 Å². The first-order valence-electron chi connectivity index (χ1n) is 7.24. The zero-order chi connectivity index (χ0) is 13.0. The number of nitrogens with zero attached hydrogens (tertiary/aromatic N) is 1. The summed E-state index contributed by atoms with van der Waals surface area (Å²) in [6, 6.07) is 9.44. The molecule has 1 nitrogen and oxygen atoms in total. The standard InChI is InChI=1S/C17H23N/c1-3-14-11-15(4-2)13-16(12-14)17(9-10-18)7-5-6-8-17/h11-13H,3-9H2,1-2H3. The molecule has 0 bridgehead atoms. The molecule has 0 atom stereocenters. The number of hydrogen-bond acceptors (Lipinski definition) is 1. The average Bonchev–Trinajstić information content (AvgIpc) is 2.88. The molecule has 1 heteroatoms. The molecule has 0 unspecified atom stereocenters. The Labute approximate surface area is 111 Å². The zero-order valence-electron chi connectivity index (χ0n) is 11.6. The molecule has 0 spiro atoms. The third kappa shape index (κ3) is 2.43. The second-order valence-electron chi connectivity index (χ2n) is 5.57. The van der Waals surface area contributed by atoms with Gasteiger partial charge in [0.15, 0.2) is 0 Å². The van der Waals surface area contributed by atoms with Gasteiger partial charge in [0.05, 0.1) is 6.07 Å². The molecule has 1 saturated carbocycles. The Kier molecular flexibility index (Phi) is 4.07. The maximum Gasteiger partial charge on any atom is 0.0631 e. The van der Waals surface area contributed by atoms with Crippen LogP contribution in [0, 0.1) is 11.3 Å². The summed E-state index contributed by atoms with van der Waals surface area (Å²) in [5.41, 5.74) is 4.43. The minimum Gasteiger partial charge on any atom is -0.198 e. The van der Waals surface area contributed by atoms with Gasteiger partial charge in [0.2, 0.25) is 0 Å². The molecule has 18 heavy (non-hydrogen) atoms. The van der Waals surface area contributed by atoms with Gasteiger partial charge in [-0.1, -0.05) is 44.9 Å². The van der Waals surface area contributed by atoms with Crippen LogP contribution in [0.3, 0.4) is 0 Å². The molecule has 2 rings (SSSR count). The number of nitriles is 1. The van der Waals surface area contributed by atoms with Crippen LogP contribution in [0.15, 0.2) is 18.2 Å². The van der Waals surface area contributed by atoms with E-state index in [2.05, 4.69) is 38.1 Å². The van der Waals surface area contributed by atoms with Crippen molar-refractivity contribution in [3.8, 4) is 6.07 Å². The van der Waals surface area contributed by atoms with Crippen LogP contribution in [-0.4, -0.2) is 0 Å². The lowest BCUT2D eigenvalue weighted by molar-refractivity contribution is 0.450. The summed E-state index contributed by atoms with van der Waals surface area (Å²) in [5.74, 6) is 0. The van der Waals surface area contributed by atoms with E-state index in [1.54, 1.807) is 0 Å². The summed E-state index contributed by atoms with van der Waals surface area (Å²) < 4.78 is 0. The van der Waals surface area contributed by atoms with Crippen molar-refractivity contribution < 1.29 is 0 Å². The van der Waals surface area contributed by atoms with E-state index in [-0.39, 0.29) is 5.41 Å². The van der Waals surface area contributed by atoms with Gasteiger partial charge >= 0.3 is 0 Å². The Bertz CT molecular complexity index is 425. The van der Waals surface area contributed by atoms with Crippen LogP contribution in [-0.2, 0) is 18.3 Å². The molecule has 96 valence electrons. The van der Waals surface area contributed by atoms with Gasteiger partial charge in [-0.3, -0.25) is 0 Å². The molecule has 0 amide bonds. The van der Waals surface area contributed by atoms with Crippen molar-refractivity contribution in [2.75, 3.05) is 0 Å². The highest BCUT2D eigenvalue weighted by atomic mass is 14.4. The van der Waals surface area contributed by atoms with E-state index in [0.29, 0.717) is 6.42 Å². The summed E-state index contributed by atoms with van der Waals surface area (Å²) in [6.07, 6.45) is 7.79. The predicted molar refractivity (Wildman–Crippen MR) is 75.6 cm³/mol. The summed E-state index contributed by atoms with van der Waals surface area (Å²) in [7, 11) is 0. The third-order valence-electron chi connectivity index (χ3n) is 4.46. The highest BCUT2D eigenvalue weighted by molar-refractivity contribution is 5.36. The number of hydrogen-bond donors (Lipinski definition) is 0. The van der Waals surface area contributed by atoms with Crippen LogP contribution < -0.4 is 0 Å². The largest absolute Gasteiger partial charge is 0.198 e. The lowest BCUT2D eigenvalue weighted by atomic mass is 9.75. The lowest BCUT2D eigenvalue weighted by Gasteiger charge is -2.28. The molecule has 1 aliphatic carbocycles. The van der Waals surface area contributed by atoms with Crippen molar-refractivity contribution in [3.05, 3.63) is 34.9 Å². The van der Waals surface area contributed by atoms with E-state index in [1.807, 2.05) is 0 Å². The fraction of sp³-hybridized carbons (Fsp3) is 0.588. The van der Waals surface area contributed by atoms with E-state index in [4.69, 9.17) is 5.26 Å². The van der Waals surface area contributed by atoms with E-state index in [0.717, 1.165) is 12.8 Å². The molecule has 1 aromatic rings. The Morgan fingerprint density at radius 1 is 1.06 bits per heavy atom. The molecule has 0 heterocycles. The van der Waals surface area contributed by atoms with Gasteiger partial charge in [0, 0.05) is 11.8 Å². The quantitative estimate of drug-likeness (QED) is 0.759. The van der Waals surface area contributed by atoms with Gasteiger partial charge in [-0.2, -0.15) is 5.26 Å². The van der Waals surface area contributed by atoms with Gasteiger partial charge in [-0.15, -0.1) is 0 Å². The molecule has 0 N–H and O–H groups in total. The minimum atomic E-state index is 0.157. The second-order valence-corrected chi connectivity index (χ2v) is 5.57. The van der Waals surface area contributed by atoms with Crippen LogP contribution in [0.2, 0.25) is 0 Å². The number of benzene rings is 1. The fourth-order valence-corrected chi connectivity index (χ4v) is 3.25. The summed E-state index contributed by atoms with van der Waals surface area (Å²) in [6.45, 7) is 4.42. The molecule has 0 saturated heterocycles. The van der Waals surface area contributed by atoms with Crippen molar-refractivity contribution in [3.63, 3.8) is 0 Å². The van der Waals surface area contributed by atoms with Crippen molar-refractivity contribution in [2.45, 2.75) is 64.2 Å². The van der Waals surface area contributed by atoms with Gasteiger partial charge < -0.3 is 0 Å². The SMILES string of the molecule is CCc1cc(CC)cc(C2(CC#N)CCCC2)c1. The first-order valence-corrected chi connectivity index (χ1v) is 7.24. The van der Waals surface area contributed by atoms with Crippen molar-refractivity contribution in [1.29, 1.82) is 5.26 Å². The maximum atomic E-state index is 9.16. The molecule has 0 aliphatic heterocycles. The van der Waals surface area contributed by atoms with Crippen LogP contribution >= 0.6 is 0 Å². The van der Waals surface area contributed by atoms with Crippen LogP contribution in [0.25, 0.3) is 0 Å². The van der Waals surface area contributed by atoms with E-state index in [9.17, 15) is 0 Å². The molecular formula is C17H23N. The van der Waals surface area contributed by atoms with E-state index < -0.39 is 0 Å². The maximum absolute atomic E-state index is 9.16. The topological polar surface area (TPSA) is 23.8 Å². The molecule has 1 aliphatic rings. The Morgan fingerprint density at radius 3 is 2.06 bits per heavy atom. The first-order chi connectivity index (χ1) is 8.74.